The highest BCUT2D eigenvalue weighted by Gasteiger charge is 2.10. The van der Waals surface area contributed by atoms with Crippen LogP contribution < -0.4 is 14.8 Å². The number of rotatable bonds is 9. The second-order valence-corrected chi connectivity index (χ2v) is 6.10. The van der Waals surface area contributed by atoms with Crippen LogP contribution in [-0.2, 0) is 14.3 Å². The van der Waals surface area contributed by atoms with Crippen molar-refractivity contribution >= 4 is 17.6 Å². The van der Waals surface area contributed by atoms with Crippen LogP contribution in [0.2, 0.25) is 0 Å². The minimum absolute atomic E-state index is 0.275. The normalized spacial score (nSPS) is 11.4. The number of ether oxygens (including phenoxy) is 3. The van der Waals surface area contributed by atoms with E-state index < -0.39 is 11.9 Å². The molecule has 2 aromatic carbocycles. The van der Waals surface area contributed by atoms with E-state index in [0.717, 1.165) is 6.42 Å². The summed E-state index contributed by atoms with van der Waals surface area (Å²) in [5.74, 6) is 0.663. The van der Waals surface area contributed by atoms with Gasteiger partial charge in [-0.1, -0.05) is 26.0 Å². The molecule has 0 spiro atoms. The van der Waals surface area contributed by atoms with Gasteiger partial charge in [0.1, 0.15) is 11.5 Å². The first-order valence-corrected chi connectivity index (χ1v) is 8.84. The van der Waals surface area contributed by atoms with Crippen molar-refractivity contribution in [2.45, 2.75) is 26.2 Å². The average molecular weight is 371 g/mol. The summed E-state index contributed by atoms with van der Waals surface area (Å²) in [7, 11) is 1.57. The number of carbonyl (C=O) groups excluding carboxylic acids is 2. The molecule has 0 aliphatic rings. The van der Waals surface area contributed by atoms with Crippen molar-refractivity contribution in [1.82, 2.24) is 0 Å². The fourth-order valence-corrected chi connectivity index (χ4v) is 2.33. The Bertz CT molecular complexity index is 740. The smallest absolute Gasteiger partial charge is 0.344 e. The number of nitrogens with one attached hydrogen (secondary N) is 1. The second-order valence-electron chi connectivity index (χ2n) is 6.10. The number of amides is 1. The molecular weight excluding hydrogens is 346 g/mol. The molecule has 0 fully saturated rings. The van der Waals surface area contributed by atoms with Crippen LogP contribution in [-0.4, -0.2) is 32.2 Å². The SMILES string of the molecule is CC[C@@H](C)c1ccc(NC(=O)COC(=O)COc2ccc(OC)cc2)cc1. The number of hydrogen-bond acceptors (Lipinski definition) is 5. The zero-order valence-electron chi connectivity index (χ0n) is 15.9. The van der Waals surface area contributed by atoms with Crippen molar-refractivity contribution in [2.24, 2.45) is 0 Å². The highest BCUT2D eigenvalue weighted by Crippen LogP contribution is 2.20. The topological polar surface area (TPSA) is 73.9 Å². The lowest BCUT2D eigenvalue weighted by atomic mass is 9.99. The molecule has 1 amide bonds. The van der Waals surface area contributed by atoms with Crippen LogP contribution in [0.15, 0.2) is 48.5 Å². The summed E-state index contributed by atoms with van der Waals surface area (Å²) >= 11 is 0. The standard InChI is InChI=1S/C21H25NO5/c1-4-15(2)16-5-7-17(8-6-16)22-20(23)13-27-21(24)14-26-19-11-9-18(25-3)10-12-19/h5-12,15H,4,13-14H2,1-3H3,(H,22,23)/t15-/m1/s1. The first-order chi connectivity index (χ1) is 13.0. The molecule has 6 heteroatoms. The highest BCUT2D eigenvalue weighted by atomic mass is 16.6. The predicted molar refractivity (Wildman–Crippen MR) is 103 cm³/mol. The molecule has 0 saturated heterocycles. The zero-order valence-corrected chi connectivity index (χ0v) is 15.9. The van der Waals surface area contributed by atoms with Crippen LogP contribution in [0.3, 0.4) is 0 Å². The quantitative estimate of drug-likeness (QED) is 0.679. The van der Waals surface area contributed by atoms with Crippen LogP contribution in [0, 0.1) is 0 Å². The summed E-state index contributed by atoms with van der Waals surface area (Å²) in [6.07, 6.45) is 1.06. The molecule has 0 radical (unpaired) electrons. The third kappa shape index (κ3) is 6.66. The monoisotopic (exact) mass is 371 g/mol. The van der Waals surface area contributed by atoms with Crippen molar-refractivity contribution in [3.8, 4) is 11.5 Å². The maximum absolute atomic E-state index is 11.9. The largest absolute Gasteiger partial charge is 0.497 e. The summed E-state index contributed by atoms with van der Waals surface area (Å²) in [5, 5.41) is 2.70. The average Bonchev–Trinajstić information content (AvgIpc) is 2.71. The summed E-state index contributed by atoms with van der Waals surface area (Å²) in [6, 6.07) is 14.5. The van der Waals surface area contributed by atoms with E-state index in [1.54, 1.807) is 31.4 Å². The van der Waals surface area contributed by atoms with Gasteiger partial charge in [-0.15, -0.1) is 0 Å². The first kappa shape index (κ1) is 20.3. The molecule has 144 valence electrons. The molecule has 27 heavy (non-hydrogen) atoms. The summed E-state index contributed by atoms with van der Waals surface area (Å²) in [5.41, 5.74) is 1.88. The van der Waals surface area contributed by atoms with E-state index in [4.69, 9.17) is 14.2 Å². The Hall–Kier alpha value is -3.02. The van der Waals surface area contributed by atoms with Gasteiger partial charge in [-0.25, -0.2) is 4.79 Å². The van der Waals surface area contributed by atoms with Crippen molar-refractivity contribution in [1.29, 1.82) is 0 Å². The van der Waals surface area contributed by atoms with Gasteiger partial charge in [0, 0.05) is 5.69 Å². The molecule has 0 aromatic heterocycles. The fraction of sp³-hybridized carbons (Fsp3) is 0.333. The van der Waals surface area contributed by atoms with E-state index in [-0.39, 0.29) is 13.2 Å². The van der Waals surface area contributed by atoms with Gasteiger partial charge < -0.3 is 19.5 Å². The maximum Gasteiger partial charge on any atom is 0.344 e. The van der Waals surface area contributed by atoms with Crippen LogP contribution in [0.4, 0.5) is 5.69 Å². The number of methoxy groups -OCH3 is 1. The van der Waals surface area contributed by atoms with E-state index in [1.807, 2.05) is 24.3 Å². The van der Waals surface area contributed by atoms with Crippen molar-refractivity contribution < 1.29 is 23.8 Å². The first-order valence-electron chi connectivity index (χ1n) is 8.84. The number of anilines is 1. The van der Waals surface area contributed by atoms with Crippen molar-refractivity contribution in [3.05, 3.63) is 54.1 Å². The number of esters is 1. The molecule has 1 N–H and O–H groups in total. The third-order valence-electron chi connectivity index (χ3n) is 4.16. The molecule has 0 heterocycles. The minimum Gasteiger partial charge on any atom is -0.497 e. The molecule has 0 bridgehead atoms. The van der Waals surface area contributed by atoms with Gasteiger partial charge in [0.15, 0.2) is 13.2 Å². The Labute approximate surface area is 159 Å². The number of carbonyl (C=O) groups is 2. The van der Waals surface area contributed by atoms with Crippen molar-refractivity contribution in [3.63, 3.8) is 0 Å². The summed E-state index contributed by atoms with van der Waals surface area (Å²) in [6.45, 7) is 3.65. The summed E-state index contributed by atoms with van der Waals surface area (Å²) < 4.78 is 15.3. The van der Waals surface area contributed by atoms with E-state index in [2.05, 4.69) is 19.2 Å². The molecule has 2 aromatic rings. The van der Waals surface area contributed by atoms with Crippen molar-refractivity contribution in [2.75, 3.05) is 25.6 Å². The Morgan fingerprint density at radius 1 is 0.963 bits per heavy atom. The molecule has 1 atom stereocenters. The fourth-order valence-electron chi connectivity index (χ4n) is 2.33. The van der Waals surface area contributed by atoms with Gasteiger partial charge in [0.2, 0.25) is 0 Å². The Morgan fingerprint density at radius 3 is 2.19 bits per heavy atom. The van der Waals surface area contributed by atoms with Gasteiger partial charge in [-0.05, 0) is 54.3 Å². The predicted octanol–water partition coefficient (Wildman–Crippen LogP) is 3.77. The molecular formula is C21H25NO5. The Morgan fingerprint density at radius 2 is 1.59 bits per heavy atom. The molecule has 6 nitrogen and oxygen atoms in total. The summed E-state index contributed by atoms with van der Waals surface area (Å²) in [4.78, 5) is 23.6. The molecule has 0 saturated carbocycles. The van der Waals surface area contributed by atoms with Gasteiger partial charge in [0.05, 0.1) is 7.11 Å². The second kappa shape index (κ2) is 10.2. The van der Waals surface area contributed by atoms with Crippen LogP contribution in [0.5, 0.6) is 11.5 Å². The van der Waals surface area contributed by atoms with Gasteiger partial charge >= 0.3 is 5.97 Å². The van der Waals surface area contributed by atoms with Crippen LogP contribution in [0.1, 0.15) is 31.7 Å². The van der Waals surface area contributed by atoms with E-state index in [9.17, 15) is 9.59 Å². The van der Waals surface area contributed by atoms with Gasteiger partial charge in [-0.3, -0.25) is 4.79 Å². The number of hydrogen-bond donors (Lipinski definition) is 1. The maximum atomic E-state index is 11.9. The minimum atomic E-state index is -0.618. The highest BCUT2D eigenvalue weighted by molar-refractivity contribution is 5.92. The lowest BCUT2D eigenvalue weighted by Gasteiger charge is -2.11. The van der Waals surface area contributed by atoms with E-state index in [0.29, 0.717) is 23.1 Å². The zero-order chi connectivity index (χ0) is 19.6. The Balaban J connectivity index is 1.71. The molecule has 2 rings (SSSR count). The van der Waals surface area contributed by atoms with Gasteiger partial charge in [-0.2, -0.15) is 0 Å². The lowest BCUT2D eigenvalue weighted by Crippen LogP contribution is -2.23. The van der Waals surface area contributed by atoms with Crippen LogP contribution in [0.25, 0.3) is 0 Å². The lowest BCUT2D eigenvalue weighted by molar-refractivity contribution is -0.149. The van der Waals surface area contributed by atoms with E-state index in [1.165, 1.54) is 5.56 Å². The Kier molecular flexibility index (Phi) is 7.67. The van der Waals surface area contributed by atoms with Crippen LogP contribution >= 0.6 is 0 Å². The third-order valence-corrected chi connectivity index (χ3v) is 4.16. The molecule has 0 aliphatic carbocycles. The molecule has 0 unspecified atom stereocenters. The van der Waals surface area contributed by atoms with E-state index >= 15 is 0 Å². The molecule has 0 aliphatic heterocycles. The van der Waals surface area contributed by atoms with Gasteiger partial charge in [0.25, 0.3) is 5.91 Å². The number of benzene rings is 2.